The van der Waals surface area contributed by atoms with Gasteiger partial charge in [-0.2, -0.15) is 8.78 Å². The topological polar surface area (TPSA) is 34.1 Å². The Kier molecular flexibility index (Phi) is 3.44. The van der Waals surface area contributed by atoms with E-state index in [1.807, 2.05) is 0 Å². The van der Waals surface area contributed by atoms with E-state index in [0.29, 0.717) is 0 Å². The second-order valence-corrected chi connectivity index (χ2v) is 4.85. The summed E-state index contributed by atoms with van der Waals surface area (Å²) in [5.74, 6) is 0. The zero-order chi connectivity index (χ0) is 9.23. The maximum absolute atomic E-state index is 12.3. The average Bonchev–Trinajstić information content (AvgIpc) is 1.85. The van der Waals surface area contributed by atoms with Gasteiger partial charge in [-0.1, -0.05) is 0 Å². The molecule has 0 spiro atoms. The van der Waals surface area contributed by atoms with E-state index in [2.05, 4.69) is 11.6 Å². The predicted octanol–water partition coefficient (Wildman–Crippen LogP) is 2.11. The summed E-state index contributed by atoms with van der Waals surface area (Å²) in [4.78, 5) is 0. The van der Waals surface area contributed by atoms with Crippen LogP contribution in [0.2, 0.25) is 0 Å². The highest BCUT2D eigenvalue weighted by Gasteiger charge is 2.25. The second kappa shape index (κ2) is 3.49. The Morgan fingerprint density at radius 3 is 1.82 bits per heavy atom. The molecule has 0 amide bonds. The first-order valence-corrected chi connectivity index (χ1v) is 4.67. The Balaban J connectivity index is 5.05. The van der Waals surface area contributed by atoms with E-state index in [-0.39, 0.29) is 0 Å². The lowest BCUT2D eigenvalue weighted by molar-refractivity contribution is 0.552. The summed E-state index contributed by atoms with van der Waals surface area (Å²) in [6, 6.07) is 0. The van der Waals surface area contributed by atoms with Crippen molar-refractivity contribution in [3.63, 3.8) is 0 Å². The second-order valence-electron chi connectivity index (χ2n) is 2.13. The molecule has 0 atom stereocenters. The number of hydrogen-bond acceptors (Lipinski definition) is 2. The molecule has 0 saturated carbocycles. The lowest BCUT2D eigenvalue weighted by atomic mass is 10.6. The highest BCUT2D eigenvalue weighted by atomic mass is 35.5. The lowest BCUT2D eigenvalue weighted by Gasteiger charge is -2.02. The van der Waals surface area contributed by atoms with Gasteiger partial charge in [0, 0.05) is 0 Å². The fourth-order valence-electron chi connectivity index (χ4n) is 0.314. The van der Waals surface area contributed by atoms with Gasteiger partial charge in [0.05, 0.1) is 5.25 Å². The van der Waals surface area contributed by atoms with Gasteiger partial charge < -0.3 is 0 Å². The molecule has 0 aliphatic heterocycles. The summed E-state index contributed by atoms with van der Waals surface area (Å²) in [6.07, 6.45) is 0. The van der Waals surface area contributed by atoms with Gasteiger partial charge in [0.25, 0.3) is 5.16 Å². The highest BCUT2D eigenvalue weighted by Crippen LogP contribution is 2.21. The van der Waals surface area contributed by atoms with Crippen molar-refractivity contribution >= 4 is 21.4 Å². The van der Waals surface area contributed by atoms with Gasteiger partial charge in [0.2, 0.25) is 15.1 Å². The molecule has 0 N–H and O–H groups in total. The number of rotatable bonds is 2. The first-order chi connectivity index (χ1) is 4.80. The number of halogens is 3. The molecule has 0 bridgehead atoms. The molecule has 0 saturated heterocycles. The minimum absolute atomic E-state index is 1.01. The van der Waals surface area contributed by atoms with E-state index in [4.69, 9.17) is 0 Å². The molecule has 0 aliphatic rings. The van der Waals surface area contributed by atoms with Crippen molar-refractivity contribution in [1.29, 1.82) is 0 Å². The molecule has 6 heteroatoms. The van der Waals surface area contributed by atoms with Crippen LogP contribution in [0.15, 0.2) is 10.4 Å². The maximum Gasteiger partial charge on any atom is 0.262 e. The minimum Gasteiger partial charge on any atom is -0.221 e. The molecular formula is C5H7ClF2O2S. The molecule has 0 aliphatic carbocycles. The summed E-state index contributed by atoms with van der Waals surface area (Å²) in [7, 11) is -4.17. The van der Waals surface area contributed by atoms with Crippen molar-refractivity contribution in [2.45, 2.75) is 19.1 Å². The summed E-state index contributed by atoms with van der Waals surface area (Å²) >= 11 is 4.52. The van der Waals surface area contributed by atoms with Crippen LogP contribution in [0, 0.1) is 0 Å². The zero-order valence-electron chi connectivity index (χ0n) is 5.94. The molecule has 0 unspecified atom stereocenters. The fraction of sp³-hybridized carbons (Fsp3) is 0.600. The first kappa shape index (κ1) is 10.8. The number of hydrogen-bond donors (Lipinski definition) is 0. The van der Waals surface area contributed by atoms with Crippen LogP contribution in [0.25, 0.3) is 0 Å². The van der Waals surface area contributed by atoms with Gasteiger partial charge in [0.15, 0.2) is 0 Å². The van der Waals surface area contributed by atoms with E-state index in [1.165, 1.54) is 13.8 Å². The minimum atomic E-state index is -4.17. The van der Waals surface area contributed by atoms with Crippen LogP contribution < -0.4 is 0 Å². The van der Waals surface area contributed by atoms with Crippen molar-refractivity contribution in [1.82, 2.24) is 0 Å². The smallest absolute Gasteiger partial charge is 0.221 e. The van der Waals surface area contributed by atoms with Gasteiger partial charge in [-0.3, -0.25) is 0 Å². The summed E-state index contributed by atoms with van der Waals surface area (Å²) < 4.78 is 45.6. The van der Waals surface area contributed by atoms with Crippen molar-refractivity contribution in [2.24, 2.45) is 0 Å². The Bertz CT molecular complexity index is 264. The van der Waals surface area contributed by atoms with Crippen LogP contribution in [0.5, 0.6) is 0 Å². The van der Waals surface area contributed by atoms with E-state index in [0.717, 1.165) is 0 Å². The molecule has 0 aromatic rings. The van der Waals surface area contributed by atoms with Gasteiger partial charge in [-0.05, 0) is 25.4 Å². The van der Waals surface area contributed by atoms with Crippen molar-refractivity contribution in [3.8, 4) is 0 Å². The molecule has 0 radical (unpaired) electrons. The fourth-order valence-corrected chi connectivity index (χ4v) is 1.27. The normalized spacial score (nSPS) is 15.1. The molecule has 66 valence electrons. The molecule has 0 rings (SSSR count). The van der Waals surface area contributed by atoms with Crippen LogP contribution in [0.4, 0.5) is 8.78 Å². The maximum atomic E-state index is 12.3. The lowest BCUT2D eigenvalue weighted by Crippen LogP contribution is -2.14. The van der Waals surface area contributed by atoms with Gasteiger partial charge in [-0.15, -0.1) is 0 Å². The molecule has 0 aromatic carbocycles. The number of sulfone groups is 1. The standard InChI is InChI=1S/C5H7ClF2O2S/c1-3(2)11(9,10)5(8)4(6)7/h3H,1-2H3/b5-4-. The molecule has 0 heterocycles. The Morgan fingerprint density at radius 2 is 1.73 bits per heavy atom. The molecule has 11 heavy (non-hydrogen) atoms. The third-order valence-corrected chi connectivity index (χ3v) is 3.22. The van der Waals surface area contributed by atoms with E-state index >= 15 is 0 Å². The first-order valence-electron chi connectivity index (χ1n) is 2.74. The predicted molar refractivity (Wildman–Crippen MR) is 39.2 cm³/mol. The van der Waals surface area contributed by atoms with Crippen LogP contribution in [0.3, 0.4) is 0 Å². The molecule has 0 aromatic heterocycles. The zero-order valence-corrected chi connectivity index (χ0v) is 7.51. The SMILES string of the molecule is CC(C)S(=O)(=O)/C(F)=C(\F)Cl. The van der Waals surface area contributed by atoms with Gasteiger partial charge >= 0.3 is 0 Å². The van der Waals surface area contributed by atoms with Crippen molar-refractivity contribution in [3.05, 3.63) is 10.4 Å². The van der Waals surface area contributed by atoms with Crippen LogP contribution in [-0.2, 0) is 9.84 Å². The summed E-state index contributed by atoms with van der Waals surface area (Å²) in [5.41, 5.74) is 0. The molecular weight excluding hydrogens is 198 g/mol. The van der Waals surface area contributed by atoms with Gasteiger partial charge in [-0.25, -0.2) is 8.42 Å². The van der Waals surface area contributed by atoms with Crippen LogP contribution in [-0.4, -0.2) is 13.7 Å². The molecule has 0 fully saturated rings. The Labute approximate surface area is 68.8 Å². The van der Waals surface area contributed by atoms with E-state index < -0.39 is 25.5 Å². The van der Waals surface area contributed by atoms with Crippen LogP contribution >= 0.6 is 11.6 Å². The Hall–Kier alpha value is -0.160. The van der Waals surface area contributed by atoms with Crippen LogP contribution in [0.1, 0.15) is 13.8 Å². The quantitative estimate of drug-likeness (QED) is 0.691. The van der Waals surface area contributed by atoms with Gasteiger partial charge in [0.1, 0.15) is 0 Å². The monoisotopic (exact) mass is 204 g/mol. The highest BCUT2D eigenvalue weighted by molar-refractivity contribution is 7.95. The summed E-state index contributed by atoms with van der Waals surface area (Å²) in [6.45, 7) is 2.46. The van der Waals surface area contributed by atoms with Crippen molar-refractivity contribution in [2.75, 3.05) is 0 Å². The Morgan fingerprint density at radius 1 is 1.36 bits per heavy atom. The third kappa shape index (κ3) is 2.41. The van der Waals surface area contributed by atoms with E-state index in [9.17, 15) is 17.2 Å². The molecule has 2 nitrogen and oxygen atoms in total. The van der Waals surface area contributed by atoms with Crippen molar-refractivity contribution < 1.29 is 17.2 Å². The third-order valence-electron chi connectivity index (χ3n) is 1.02. The largest absolute Gasteiger partial charge is 0.262 e. The summed E-state index contributed by atoms with van der Waals surface area (Å²) in [5, 5.41) is -4.72. The van der Waals surface area contributed by atoms with E-state index in [1.54, 1.807) is 0 Å². The average molecular weight is 205 g/mol.